The van der Waals surface area contributed by atoms with E-state index in [0.29, 0.717) is 12.2 Å². The highest BCUT2D eigenvalue weighted by molar-refractivity contribution is 5.92. The lowest BCUT2D eigenvalue weighted by molar-refractivity contribution is 0.0946. The van der Waals surface area contributed by atoms with Crippen LogP contribution in [0.3, 0.4) is 0 Å². The first kappa shape index (κ1) is 16.8. The number of fused-ring (bicyclic) bond motifs is 1. The summed E-state index contributed by atoms with van der Waals surface area (Å²) in [6.07, 6.45) is 4.37. The van der Waals surface area contributed by atoms with Gasteiger partial charge in [-0.15, -0.1) is 0 Å². The number of carbonyl (C=O) groups excluding carboxylic acids is 1. The number of carbonyl (C=O) groups is 1. The van der Waals surface area contributed by atoms with E-state index in [1.165, 1.54) is 37.1 Å². The lowest BCUT2D eigenvalue weighted by Crippen LogP contribution is -2.25. The zero-order valence-electron chi connectivity index (χ0n) is 15.1. The molecule has 0 radical (unpaired) electrons. The van der Waals surface area contributed by atoms with Gasteiger partial charge < -0.3 is 9.72 Å². The van der Waals surface area contributed by atoms with Crippen LogP contribution in [0.5, 0.6) is 0 Å². The normalized spacial score (nSPS) is 14.8. The molecule has 134 valence electrons. The summed E-state index contributed by atoms with van der Waals surface area (Å²) >= 11 is 0. The number of benzene rings is 1. The van der Waals surface area contributed by atoms with E-state index in [2.05, 4.69) is 33.4 Å². The van der Waals surface area contributed by atoms with Crippen LogP contribution in [0.1, 0.15) is 40.2 Å². The van der Waals surface area contributed by atoms with Crippen LogP contribution in [0.25, 0.3) is 5.65 Å². The van der Waals surface area contributed by atoms with E-state index in [-0.39, 0.29) is 5.91 Å². The molecule has 3 heterocycles. The second kappa shape index (κ2) is 7.30. The highest BCUT2D eigenvalue weighted by Crippen LogP contribution is 2.16. The predicted octanol–water partition coefficient (Wildman–Crippen LogP) is 3.17. The Morgan fingerprint density at radius 3 is 2.62 bits per heavy atom. The summed E-state index contributed by atoms with van der Waals surface area (Å²) in [5, 5.41) is 3.03. The molecule has 1 fully saturated rings. The third-order valence-electron chi connectivity index (χ3n) is 5.08. The molecule has 1 aromatic carbocycles. The van der Waals surface area contributed by atoms with E-state index in [0.717, 1.165) is 17.9 Å². The molecule has 1 N–H and O–H groups in total. The van der Waals surface area contributed by atoms with Crippen molar-refractivity contribution in [3.63, 3.8) is 0 Å². The largest absolute Gasteiger partial charge is 0.347 e. The third kappa shape index (κ3) is 3.48. The molecule has 0 bridgehead atoms. The van der Waals surface area contributed by atoms with Crippen molar-refractivity contribution in [2.75, 3.05) is 13.1 Å². The fraction of sp³-hybridized carbons (Fsp3) is 0.333. The standard InChI is InChI=1S/C21H24N4O/c1-16-7-6-10-20-23-19(15-25(16)20)21(26)22-13-17-8-2-3-9-18(17)14-24-11-4-5-12-24/h2-3,6-10,15H,4-5,11-14H2,1H3,(H,22,26). The summed E-state index contributed by atoms with van der Waals surface area (Å²) in [5.74, 6) is -0.135. The Kier molecular flexibility index (Phi) is 4.71. The second-order valence-corrected chi connectivity index (χ2v) is 6.96. The van der Waals surface area contributed by atoms with Gasteiger partial charge in [-0.3, -0.25) is 9.69 Å². The van der Waals surface area contributed by atoms with Gasteiger partial charge in [0.25, 0.3) is 5.91 Å². The Balaban J connectivity index is 1.46. The van der Waals surface area contributed by atoms with Crippen molar-refractivity contribution >= 4 is 11.6 Å². The minimum absolute atomic E-state index is 0.135. The number of amides is 1. The van der Waals surface area contributed by atoms with Crippen LogP contribution in [-0.4, -0.2) is 33.3 Å². The number of rotatable bonds is 5. The van der Waals surface area contributed by atoms with Crippen LogP contribution < -0.4 is 5.32 Å². The molecule has 0 spiro atoms. The molecule has 1 aliphatic heterocycles. The van der Waals surface area contributed by atoms with Crippen molar-refractivity contribution in [1.82, 2.24) is 19.6 Å². The molecule has 0 atom stereocenters. The lowest BCUT2D eigenvalue weighted by atomic mass is 10.1. The molecule has 0 saturated carbocycles. The first-order valence-corrected chi connectivity index (χ1v) is 9.23. The molecule has 3 aromatic rings. The Labute approximate surface area is 153 Å². The molecular weight excluding hydrogens is 324 g/mol. The molecule has 0 aliphatic carbocycles. The van der Waals surface area contributed by atoms with Gasteiger partial charge in [0.05, 0.1) is 0 Å². The number of aromatic nitrogens is 2. The number of likely N-dealkylation sites (tertiary alicyclic amines) is 1. The number of imidazole rings is 1. The van der Waals surface area contributed by atoms with Gasteiger partial charge >= 0.3 is 0 Å². The van der Waals surface area contributed by atoms with E-state index in [1.807, 2.05) is 35.6 Å². The number of nitrogens with one attached hydrogen (secondary N) is 1. The molecule has 4 rings (SSSR count). The SMILES string of the molecule is Cc1cccc2nc(C(=O)NCc3ccccc3CN3CCCC3)cn12. The summed E-state index contributed by atoms with van der Waals surface area (Å²) in [7, 11) is 0. The van der Waals surface area contributed by atoms with Gasteiger partial charge in [0, 0.05) is 25.0 Å². The van der Waals surface area contributed by atoms with Crippen LogP contribution in [0.4, 0.5) is 0 Å². The zero-order chi connectivity index (χ0) is 17.9. The molecule has 26 heavy (non-hydrogen) atoms. The number of hydrogen-bond donors (Lipinski definition) is 1. The predicted molar refractivity (Wildman–Crippen MR) is 102 cm³/mol. The molecule has 0 unspecified atom stereocenters. The van der Waals surface area contributed by atoms with E-state index in [1.54, 1.807) is 6.20 Å². The smallest absolute Gasteiger partial charge is 0.271 e. The van der Waals surface area contributed by atoms with Crippen molar-refractivity contribution in [1.29, 1.82) is 0 Å². The van der Waals surface area contributed by atoms with E-state index in [9.17, 15) is 4.79 Å². The molecule has 1 amide bonds. The van der Waals surface area contributed by atoms with Gasteiger partial charge in [0.1, 0.15) is 11.3 Å². The lowest BCUT2D eigenvalue weighted by Gasteiger charge is -2.17. The van der Waals surface area contributed by atoms with Crippen molar-refractivity contribution in [2.45, 2.75) is 32.9 Å². The maximum atomic E-state index is 12.6. The minimum atomic E-state index is -0.135. The maximum absolute atomic E-state index is 12.6. The summed E-state index contributed by atoms with van der Waals surface area (Å²) in [6, 6.07) is 14.2. The number of aryl methyl sites for hydroxylation is 1. The number of nitrogens with zero attached hydrogens (tertiary/aromatic N) is 3. The van der Waals surface area contributed by atoms with Crippen LogP contribution >= 0.6 is 0 Å². The van der Waals surface area contributed by atoms with Crippen molar-refractivity contribution in [3.8, 4) is 0 Å². The molecular formula is C21H24N4O. The summed E-state index contributed by atoms with van der Waals surface area (Å²) in [4.78, 5) is 19.5. The topological polar surface area (TPSA) is 49.6 Å². The highest BCUT2D eigenvalue weighted by atomic mass is 16.1. The summed E-state index contributed by atoms with van der Waals surface area (Å²) in [5.41, 5.74) is 4.78. The number of pyridine rings is 1. The first-order valence-electron chi connectivity index (χ1n) is 9.23. The maximum Gasteiger partial charge on any atom is 0.271 e. The Hall–Kier alpha value is -2.66. The van der Waals surface area contributed by atoms with Crippen LogP contribution in [-0.2, 0) is 13.1 Å². The quantitative estimate of drug-likeness (QED) is 0.770. The molecule has 2 aromatic heterocycles. The average Bonchev–Trinajstić information content (AvgIpc) is 3.31. The second-order valence-electron chi connectivity index (χ2n) is 6.96. The monoisotopic (exact) mass is 348 g/mol. The number of hydrogen-bond acceptors (Lipinski definition) is 3. The van der Waals surface area contributed by atoms with Crippen molar-refractivity contribution in [2.24, 2.45) is 0 Å². The molecule has 1 aliphatic rings. The third-order valence-corrected chi connectivity index (χ3v) is 5.08. The fourth-order valence-electron chi connectivity index (χ4n) is 3.59. The molecule has 1 saturated heterocycles. The first-order chi connectivity index (χ1) is 12.7. The van der Waals surface area contributed by atoms with Gasteiger partial charge in [-0.2, -0.15) is 0 Å². The van der Waals surface area contributed by atoms with Crippen LogP contribution in [0, 0.1) is 6.92 Å². The van der Waals surface area contributed by atoms with Gasteiger partial charge in [0.15, 0.2) is 0 Å². The highest BCUT2D eigenvalue weighted by Gasteiger charge is 2.15. The van der Waals surface area contributed by atoms with Crippen molar-refractivity contribution in [3.05, 3.63) is 71.2 Å². The summed E-state index contributed by atoms with van der Waals surface area (Å²) in [6.45, 7) is 5.82. The Morgan fingerprint density at radius 1 is 1.08 bits per heavy atom. The van der Waals surface area contributed by atoms with E-state index in [4.69, 9.17) is 0 Å². The van der Waals surface area contributed by atoms with Crippen LogP contribution in [0.15, 0.2) is 48.7 Å². The zero-order valence-corrected chi connectivity index (χ0v) is 15.1. The van der Waals surface area contributed by atoms with Gasteiger partial charge in [-0.05, 0) is 56.1 Å². The average molecular weight is 348 g/mol. The molecule has 5 nitrogen and oxygen atoms in total. The van der Waals surface area contributed by atoms with Gasteiger partial charge in [0.2, 0.25) is 0 Å². The fourth-order valence-corrected chi connectivity index (χ4v) is 3.59. The van der Waals surface area contributed by atoms with E-state index < -0.39 is 0 Å². The van der Waals surface area contributed by atoms with Gasteiger partial charge in [-0.1, -0.05) is 30.3 Å². The van der Waals surface area contributed by atoms with Crippen molar-refractivity contribution < 1.29 is 4.79 Å². The Bertz CT molecular complexity index is 925. The van der Waals surface area contributed by atoms with E-state index >= 15 is 0 Å². The molecule has 5 heteroatoms. The minimum Gasteiger partial charge on any atom is -0.347 e. The van der Waals surface area contributed by atoms with Gasteiger partial charge in [-0.25, -0.2) is 4.98 Å². The summed E-state index contributed by atoms with van der Waals surface area (Å²) < 4.78 is 1.94. The Morgan fingerprint density at radius 2 is 1.85 bits per heavy atom. The van der Waals surface area contributed by atoms with Crippen LogP contribution in [0.2, 0.25) is 0 Å².